The van der Waals surface area contributed by atoms with Crippen LogP contribution in [0.4, 0.5) is 0 Å². The molecule has 25 heavy (non-hydrogen) atoms. The molecule has 0 fully saturated rings. The minimum atomic E-state index is -0.0277. The van der Waals surface area contributed by atoms with Crippen molar-refractivity contribution in [3.05, 3.63) is 65.7 Å². The van der Waals surface area contributed by atoms with Crippen LogP contribution in [0.25, 0.3) is 0 Å². The summed E-state index contributed by atoms with van der Waals surface area (Å²) in [6, 6.07) is 17.4. The third-order valence-corrected chi connectivity index (χ3v) is 4.44. The number of hydrogen-bond donors (Lipinski definition) is 1. The summed E-state index contributed by atoms with van der Waals surface area (Å²) in [4.78, 5) is 12.4. The van der Waals surface area contributed by atoms with Crippen LogP contribution in [-0.4, -0.2) is 12.5 Å². The van der Waals surface area contributed by atoms with Crippen LogP contribution in [0.1, 0.15) is 55.5 Å². The predicted octanol–water partition coefficient (Wildman–Crippen LogP) is 5.21. The van der Waals surface area contributed by atoms with Crippen LogP contribution in [0.3, 0.4) is 0 Å². The highest BCUT2D eigenvalue weighted by molar-refractivity contribution is 5.94. The summed E-state index contributed by atoms with van der Waals surface area (Å²) in [6.07, 6.45) is 4.69. The van der Waals surface area contributed by atoms with Gasteiger partial charge in [0.25, 0.3) is 5.91 Å². The molecule has 0 aliphatic heterocycles. The van der Waals surface area contributed by atoms with Crippen molar-refractivity contribution < 1.29 is 9.53 Å². The minimum Gasteiger partial charge on any atom is -0.489 e. The van der Waals surface area contributed by atoms with Crippen LogP contribution < -0.4 is 10.1 Å². The quantitative estimate of drug-likeness (QED) is 0.645. The van der Waals surface area contributed by atoms with E-state index in [2.05, 4.69) is 19.2 Å². The van der Waals surface area contributed by atoms with Crippen molar-refractivity contribution in [2.24, 2.45) is 5.92 Å². The molecule has 134 valence electrons. The lowest BCUT2D eigenvalue weighted by Gasteiger charge is -2.15. The predicted molar refractivity (Wildman–Crippen MR) is 103 cm³/mol. The maximum Gasteiger partial charge on any atom is 0.251 e. The van der Waals surface area contributed by atoms with Crippen LogP contribution in [0.15, 0.2) is 54.6 Å². The van der Waals surface area contributed by atoms with Gasteiger partial charge in [0, 0.05) is 12.1 Å². The number of ether oxygens (including phenoxy) is 1. The van der Waals surface area contributed by atoms with Crippen LogP contribution >= 0.6 is 0 Å². The van der Waals surface area contributed by atoms with Gasteiger partial charge in [-0.05, 0) is 36.1 Å². The molecular formula is C22H29NO2. The van der Waals surface area contributed by atoms with Gasteiger partial charge in [-0.3, -0.25) is 4.79 Å². The Morgan fingerprint density at radius 2 is 1.88 bits per heavy atom. The molecule has 2 aromatic carbocycles. The topological polar surface area (TPSA) is 38.3 Å². The summed E-state index contributed by atoms with van der Waals surface area (Å²) in [5.74, 6) is 1.25. The molecule has 0 radical (unpaired) electrons. The number of rotatable bonds is 10. The molecule has 1 N–H and O–H groups in total. The molecule has 0 aromatic heterocycles. The average Bonchev–Trinajstić information content (AvgIpc) is 2.67. The van der Waals surface area contributed by atoms with Gasteiger partial charge in [-0.15, -0.1) is 0 Å². The zero-order valence-electron chi connectivity index (χ0n) is 15.3. The maximum absolute atomic E-state index is 12.4. The molecule has 0 spiro atoms. The van der Waals surface area contributed by atoms with Gasteiger partial charge in [-0.25, -0.2) is 0 Å². The van der Waals surface area contributed by atoms with E-state index in [1.165, 1.54) is 19.3 Å². The molecule has 3 heteroatoms. The number of carbonyl (C=O) groups is 1. The Hall–Kier alpha value is -2.29. The van der Waals surface area contributed by atoms with Crippen molar-refractivity contribution in [2.45, 2.75) is 46.1 Å². The Bertz CT molecular complexity index is 639. The number of carbonyl (C=O) groups excluding carboxylic acids is 1. The molecule has 0 saturated heterocycles. The summed E-state index contributed by atoms with van der Waals surface area (Å²) in [5.41, 5.74) is 1.76. The standard InChI is InChI=1S/C22H29NO2/c1-3-5-10-18(4-2)16-23-22(24)20-13-9-14-21(15-20)25-17-19-11-7-6-8-12-19/h6-9,11-15,18H,3-5,10,16-17H2,1-2H3,(H,23,24)/t18-/m1/s1. The van der Waals surface area contributed by atoms with Gasteiger partial charge >= 0.3 is 0 Å². The summed E-state index contributed by atoms with van der Waals surface area (Å²) < 4.78 is 5.80. The fraction of sp³-hybridized carbons (Fsp3) is 0.409. The van der Waals surface area contributed by atoms with Crippen LogP contribution in [0, 0.1) is 5.92 Å². The molecule has 1 amide bonds. The fourth-order valence-corrected chi connectivity index (χ4v) is 2.75. The summed E-state index contributed by atoms with van der Waals surface area (Å²) in [5, 5.41) is 3.07. The van der Waals surface area contributed by atoms with Gasteiger partial charge in [0.2, 0.25) is 0 Å². The molecule has 0 saturated carbocycles. The highest BCUT2D eigenvalue weighted by atomic mass is 16.5. The van der Waals surface area contributed by atoms with Gasteiger partial charge in [0.15, 0.2) is 0 Å². The fourth-order valence-electron chi connectivity index (χ4n) is 2.75. The molecule has 0 aliphatic carbocycles. The van der Waals surface area contributed by atoms with Crippen LogP contribution in [0.5, 0.6) is 5.75 Å². The first-order valence-corrected chi connectivity index (χ1v) is 9.28. The van der Waals surface area contributed by atoms with Crippen molar-refractivity contribution in [3.63, 3.8) is 0 Å². The number of nitrogens with one attached hydrogen (secondary N) is 1. The zero-order valence-corrected chi connectivity index (χ0v) is 15.3. The zero-order chi connectivity index (χ0) is 17.9. The Morgan fingerprint density at radius 1 is 1.08 bits per heavy atom. The lowest BCUT2D eigenvalue weighted by molar-refractivity contribution is 0.0945. The largest absolute Gasteiger partial charge is 0.489 e. The van der Waals surface area contributed by atoms with Crippen LogP contribution in [0.2, 0.25) is 0 Å². The third kappa shape index (κ3) is 6.61. The second-order valence-corrected chi connectivity index (χ2v) is 6.43. The first-order valence-electron chi connectivity index (χ1n) is 9.28. The first kappa shape index (κ1) is 19.0. The van der Waals surface area contributed by atoms with Gasteiger partial charge < -0.3 is 10.1 Å². The maximum atomic E-state index is 12.4. The molecule has 1 atom stereocenters. The van der Waals surface area contributed by atoms with Crippen molar-refractivity contribution in [1.29, 1.82) is 0 Å². The monoisotopic (exact) mass is 339 g/mol. The SMILES string of the molecule is CCCC[C@@H](CC)CNC(=O)c1cccc(OCc2ccccc2)c1. The van der Waals surface area contributed by atoms with Gasteiger partial charge in [-0.2, -0.15) is 0 Å². The second-order valence-electron chi connectivity index (χ2n) is 6.43. The van der Waals surface area contributed by atoms with E-state index in [0.29, 0.717) is 18.1 Å². The minimum absolute atomic E-state index is 0.0277. The molecule has 0 heterocycles. The molecule has 3 nitrogen and oxygen atoms in total. The molecule has 0 aliphatic rings. The Morgan fingerprint density at radius 3 is 2.60 bits per heavy atom. The van der Waals surface area contributed by atoms with Gasteiger partial charge in [-0.1, -0.05) is 69.5 Å². The normalized spacial score (nSPS) is 11.8. The van der Waals surface area contributed by atoms with E-state index in [9.17, 15) is 4.79 Å². The van der Waals surface area contributed by atoms with E-state index < -0.39 is 0 Å². The van der Waals surface area contributed by atoms with E-state index in [0.717, 1.165) is 24.3 Å². The van der Waals surface area contributed by atoms with Gasteiger partial charge in [0.1, 0.15) is 12.4 Å². The average molecular weight is 339 g/mol. The van der Waals surface area contributed by atoms with E-state index in [4.69, 9.17) is 4.74 Å². The number of amides is 1. The second kappa shape index (κ2) is 10.5. The highest BCUT2D eigenvalue weighted by Crippen LogP contribution is 2.16. The molecule has 2 rings (SSSR count). The number of benzene rings is 2. The highest BCUT2D eigenvalue weighted by Gasteiger charge is 2.10. The Balaban J connectivity index is 1.87. The smallest absolute Gasteiger partial charge is 0.251 e. The lowest BCUT2D eigenvalue weighted by atomic mass is 9.99. The Labute approximate surface area is 151 Å². The molecular weight excluding hydrogens is 310 g/mol. The van der Waals surface area contributed by atoms with Crippen molar-refractivity contribution in [2.75, 3.05) is 6.54 Å². The molecule has 2 aromatic rings. The van der Waals surface area contributed by atoms with Crippen LogP contribution in [-0.2, 0) is 6.61 Å². The summed E-state index contributed by atoms with van der Waals surface area (Å²) in [6.45, 7) is 5.63. The van der Waals surface area contributed by atoms with E-state index in [1.54, 1.807) is 0 Å². The van der Waals surface area contributed by atoms with Crippen molar-refractivity contribution in [3.8, 4) is 5.75 Å². The third-order valence-electron chi connectivity index (χ3n) is 4.44. The number of unbranched alkanes of at least 4 members (excludes halogenated alkanes) is 1. The van der Waals surface area contributed by atoms with E-state index in [-0.39, 0.29) is 5.91 Å². The van der Waals surface area contributed by atoms with E-state index in [1.807, 2.05) is 54.6 Å². The molecule has 0 unspecified atom stereocenters. The summed E-state index contributed by atoms with van der Waals surface area (Å²) in [7, 11) is 0. The Kier molecular flexibility index (Phi) is 8.03. The molecule has 0 bridgehead atoms. The lowest BCUT2D eigenvalue weighted by Crippen LogP contribution is -2.29. The summed E-state index contributed by atoms with van der Waals surface area (Å²) >= 11 is 0. The van der Waals surface area contributed by atoms with Crippen molar-refractivity contribution >= 4 is 5.91 Å². The van der Waals surface area contributed by atoms with Crippen molar-refractivity contribution in [1.82, 2.24) is 5.32 Å². The first-order chi connectivity index (χ1) is 12.2. The van der Waals surface area contributed by atoms with Gasteiger partial charge in [0.05, 0.1) is 0 Å². The van der Waals surface area contributed by atoms with E-state index >= 15 is 0 Å². The number of hydrogen-bond acceptors (Lipinski definition) is 2.